The third kappa shape index (κ3) is 4.18. The molecular weight excluding hydrogens is 436 g/mol. The second kappa shape index (κ2) is 8.01. The van der Waals surface area contributed by atoms with E-state index in [-0.39, 0.29) is 16.8 Å². The molecule has 2 heterocycles. The van der Waals surface area contributed by atoms with Gasteiger partial charge in [0.2, 0.25) is 5.13 Å². The highest BCUT2D eigenvalue weighted by molar-refractivity contribution is 7.15. The van der Waals surface area contributed by atoms with Gasteiger partial charge in [-0.25, -0.2) is 0 Å². The molecule has 1 aromatic carbocycles. The lowest BCUT2D eigenvalue weighted by molar-refractivity contribution is 0.0910. The molecule has 3 aromatic rings. The van der Waals surface area contributed by atoms with Crippen molar-refractivity contribution in [1.29, 1.82) is 0 Å². The number of carbonyl (C=O) groups is 2. The Labute approximate surface area is 188 Å². The Morgan fingerprint density at radius 3 is 2.55 bits per heavy atom. The number of benzene rings is 1. The number of ketones is 1. The third-order valence-electron chi connectivity index (χ3n) is 5.23. The fourth-order valence-corrected chi connectivity index (χ4v) is 4.58. The van der Waals surface area contributed by atoms with E-state index in [2.05, 4.69) is 15.5 Å². The molecule has 1 aliphatic carbocycles. The maximum Gasteiger partial charge on any atom is 0.268 e. The lowest BCUT2D eigenvalue weighted by Gasteiger charge is -2.31. The molecule has 1 N–H and O–H groups in total. The summed E-state index contributed by atoms with van der Waals surface area (Å²) in [6, 6.07) is 6.66. The summed E-state index contributed by atoms with van der Waals surface area (Å²) in [6.07, 6.45) is 3.02. The predicted octanol–water partition coefficient (Wildman–Crippen LogP) is 4.31. The number of aromatic nitrogens is 3. The van der Waals surface area contributed by atoms with E-state index in [0.717, 1.165) is 5.01 Å². The van der Waals surface area contributed by atoms with E-state index >= 15 is 0 Å². The summed E-state index contributed by atoms with van der Waals surface area (Å²) in [5.74, 6) is -0.680. The molecule has 0 fully saturated rings. The van der Waals surface area contributed by atoms with Crippen molar-refractivity contribution in [3.05, 3.63) is 67.5 Å². The first-order valence-corrected chi connectivity index (χ1v) is 11.1. The molecule has 1 aliphatic rings. The van der Waals surface area contributed by atoms with Crippen LogP contribution in [0.5, 0.6) is 0 Å². The topological polar surface area (TPSA) is 93.9 Å². The van der Waals surface area contributed by atoms with Gasteiger partial charge in [-0.15, -0.1) is 10.2 Å². The minimum atomic E-state index is -0.589. The van der Waals surface area contributed by atoms with Gasteiger partial charge in [-0.05, 0) is 48.1 Å². The van der Waals surface area contributed by atoms with E-state index in [1.54, 1.807) is 24.3 Å². The van der Waals surface area contributed by atoms with Crippen molar-refractivity contribution < 1.29 is 9.59 Å². The largest absolute Gasteiger partial charge is 0.296 e. The van der Waals surface area contributed by atoms with Crippen molar-refractivity contribution in [2.45, 2.75) is 40.0 Å². The second-order valence-corrected chi connectivity index (χ2v) is 9.80. The van der Waals surface area contributed by atoms with E-state index in [0.29, 0.717) is 46.2 Å². The molecule has 4 rings (SSSR count). The van der Waals surface area contributed by atoms with Gasteiger partial charge in [0.15, 0.2) is 5.78 Å². The molecule has 0 saturated heterocycles. The molecule has 1 amide bonds. The molecule has 0 radical (unpaired) electrons. The number of carbonyl (C=O) groups excluding carboxylic acids is 2. The summed E-state index contributed by atoms with van der Waals surface area (Å²) in [5.41, 5.74) is 0.509. The Morgan fingerprint density at radius 1 is 1.19 bits per heavy atom. The van der Waals surface area contributed by atoms with Crippen molar-refractivity contribution in [2.24, 2.45) is 5.41 Å². The molecule has 9 heteroatoms. The van der Waals surface area contributed by atoms with Crippen LogP contribution in [0.1, 0.15) is 58.5 Å². The smallest absolute Gasteiger partial charge is 0.268 e. The van der Waals surface area contributed by atoms with Gasteiger partial charge >= 0.3 is 0 Å². The predicted molar refractivity (Wildman–Crippen MR) is 121 cm³/mol. The van der Waals surface area contributed by atoms with Crippen LogP contribution in [0.4, 0.5) is 5.13 Å². The first-order chi connectivity index (χ1) is 14.7. The molecule has 31 heavy (non-hydrogen) atoms. The van der Waals surface area contributed by atoms with E-state index in [1.807, 2.05) is 20.8 Å². The molecule has 0 aliphatic heterocycles. The maximum absolute atomic E-state index is 13.5. The Hall–Kier alpha value is -2.84. The Balaban J connectivity index is 1.88. The molecule has 160 valence electrons. The minimum absolute atomic E-state index is 0.0400. The summed E-state index contributed by atoms with van der Waals surface area (Å²) in [4.78, 5) is 39.6. The number of pyridine rings is 1. The highest BCUT2D eigenvalue weighted by Crippen LogP contribution is 2.36. The molecule has 0 spiro atoms. The summed E-state index contributed by atoms with van der Waals surface area (Å²) < 4.78 is 1.33. The first-order valence-electron chi connectivity index (χ1n) is 9.90. The van der Waals surface area contributed by atoms with Crippen LogP contribution in [0.25, 0.3) is 5.69 Å². The molecule has 2 aromatic heterocycles. The van der Waals surface area contributed by atoms with Crippen molar-refractivity contribution >= 4 is 39.8 Å². The van der Waals surface area contributed by atoms with E-state index in [4.69, 9.17) is 11.6 Å². The second-order valence-electron chi connectivity index (χ2n) is 8.30. The van der Waals surface area contributed by atoms with Crippen molar-refractivity contribution in [1.82, 2.24) is 14.8 Å². The number of hydrogen-bond donors (Lipinski definition) is 1. The van der Waals surface area contributed by atoms with Gasteiger partial charge in [-0.1, -0.05) is 43.7 Å². The summed E-state index contributed by atoms with van der Waals surface area (Å²) in [5, 5.41) is 12.3. The zero-order chi connectivity index (χ0) is 22.3. The first kappa shape index (κ1) is 21.4. The monoisotopic (exact) mass is 456 g/mol. The van der Waals surface area contributed by atoms with Crippen molar-refractivity contribution in [2.75, 3.05) is 5.32 Å². The number of nitrogens with zero attached hydrogens (tertiary/aromatic N) is 3. The fraction of sp³-hybridized carbons (Fsp3) is 0.318. The molecule has 0 atom stereocenters. The summed E-state index contributed by atoms with van der Waals surface area (Å²) in [6.45, 7) is 5.86. The lowest BCUT2D eigenvalue weighted by atomic mass is 9.73. The van der Waals surface area contributed by atoms with Crippen LogP contribution in [0.3, 0.4) is 0 Å². The molecule has 0 bridgehead atoms. The van der Waals surface area contributed by atoms with Crippen molar-refractivity contribution in [3.8, 4) is 5.69 Å². The zero-order valence-electron chi connectivity index (χ0n) is 17.4. The number of rotatable bonds is 4. The lowest BCUT2D eigenvalue weighted by Crippen LogP contribution is -2.37. The Kier molecular flexibility index (Phi) is 5.53. The molecule has 0 unspecified atom stereocenters. The maximum atomic E-state index is 13.5. The van der Waals surface area contributed by atoms with E-state index in [1.165, 1.54) is 22.1 Å². The van der Waals surface area contributed by atoms with Crippen LogP contribution >= 0.6 is 22.9 Å². The highest BCUT2D eigenvalue weighted by atomic mass is 35.5. The highest BCUT2D eigenvalue weighted by Gasteiger charge is 2.36. The molecule has 7 nitrogen and oxygen atoms in total. The SMILES string of the molecule is CCc1nnc(NC(=O)c2c3c(cn(-c4ccc(Cl)cc4)c2=O)C(=O)CC(C)(C)C3)s1. The van der Waals surface area contributed by atoms with Crippen LogP contribution in [0, 0.1) is 5.41 Å². The average molecular weight is 457 g/mol. The molecular formula is C22H21ClN4O3S. The van der Waals surface area contributed by atoms with Crippen LogP contribution in [-0.4, -0.2) is 26.5 Å². The van der Waals surface area contributed by atoms with Gasteiger partial charge in [0, 0.05) is 28.9 Å². The number of Topliss-reactive ketones (excluding diaryl/α,β-unsaturated/α-hetero) is 1. The van der Waals surface area contributed by atoms with Gasteiger partial charge in [-0.2, -0.15) is 0 Å². The zero-order valence-corrected chi connectivity index (χ0v) is 18.9. The van der Waals surface area contributed by atoms with Gasteiger partial charge in [-0.3, -0.25) is 24.3 Å². The minimum Gasteiger partial charge on any atom is -0.296 e. The average Bonchev–Trinajstić information content (AvgIpc) is 3.15. The number of fused-ring (bicyclic) bond motifs is 1. The van der Waals surface area contributed by atoms with E-state index < -0.39 is 11.5 Å². The molecule has 0 saturated carbocycles. The third-order valence-corrected chi connectivity index (χ3v) is 6.47. The number of nitrogens with one attached hydrogen (secondary N) is 1. The standard InChI is InChI=1S/C22H21ClN4O3S/c1-4-17-25-26-21(31-17)24-19(29)18-14-9-22(2,3)10-16(28)15(14)11-27(20(18)30)13-7-5-12(23)6-8-13/h5-8,11H,4,9-10H2,1-3H3,(H,24,26,29). The number of halogens is 1. The summed E-state index contributed by atoms with van der Waals surface area (Å²) >= 11 is 7.23. The van der Waals surface area contributed by atoms with Crippen LogP contribution in [-0.2, 0) is 12.8 Å². The number of hydrogen-bond acceptors (Lipinski definition) is 6. The quantitative estimate of drug-likeness (QED) is 0.631. The van der Waals surface area contributed by atoms with Gasteiger partial charge in [0.1, 0.15) is 10.6 Å². The summed E-state index contributed by atoms with van der Waals surface area (Å²) in [7, 11) is 0. The van der Waals surface area contributed by atoms with Crippen molar-refractivity contribution in [3.63, 3.8) is 0 Å². The van der Waals surface area contributed by atoms with Gasteiger partial charge in [0.05, 0.1) is 0 Å². The normalized spacial score (nSPS) is 14.9. The van der Waals surface area contributed by atoms with E-state index in [9.17, 15) is 14.4 Å². The van der Waals surface area contributed by atoms with Gasteiger partial charge < -0.3 is 0 Å². The Morgan fingerprint density at radius 2 is 1.90 bits per heavy atom. The van der Waals surface area contributed by atoms with Gasteiger partial charge in [0.25, 0.3) is 11.5 Å². The van der Waals surface area contributed by atoms with Crippen LogP contribution in [0.15, 0.2) is 35.3 Å². The number of aryl methyl sites for hydroxylation is 1. The Bertz CT molecular complexity index is 1240. The number of amides is 1. The van der Waals surface area contributed by atoms with Crippen LogP contribution < -0.4 is 10.9 Å². The van der Waals surface area contributed by atoms with Crippen LogP contribution in [0.2, 0.25) is 5.02 Å². The fourth-order valence-electron chi connectivity index (χ4n) is 3.78. The number of anilines is 1.